The third kappa shape index (κ3) is 3.03. The van der Waals surface area contributed by atoms with Crippen molar-refractivity contribution in [2.24, 2.45) is 0 Å². The van der Waals surface area contributed by atoms with Crippen molar-refractivity contribution in [3.05, 3.63) is 28.2 Å². The first-order valence-electron chi connectivity index (χ1n) is 5.45. The topological polar surface area (TPSA) is 12.5 Å². The molecule has 0 radical (unpaired) electrons. The summed E-state index contributed by atoms with van der Waals surface area (Å²) in [5.74, 6) is 0.809. The molecule has 88 valence electrons. The summed E-state index contributed by atoms with van der Waals surface area (Å²) < 4.78 is 5.87. The van der Waals surface area contributed by atoms with Crippen molar-refractivity contribution in [1.82, 2.24) is 4.90 Å². The van der Waals surface area contributed by atoms with Crippen LogP contribution in [0, 0.1) is 0 Å². The molecule has 1 aliphatic heterocycles. The van der Waals surface area contributed by atoms with E-state index in [9.17, 15) is 0 Å². The minimum absolute atomic E-state index is 0.299. The van der Waals surface area contributed by atoms with Crippen LogP contribution in [0.2, 0.25) is 10.0 Å². The lowest BCUT2D eigenvalue weighted by Crippen LogP contribution is -2.35. The van der Waals surface area contributed by atoms with Gasteiger partial charge < -0.3 is 9.64 Å². The smallest absolute Gasteiger partial charge is 0.121 e. The van der Waals surface area contributed by atoms with Gasteiger partial charge in [0.1, 0.15) is 11.9 Å². The molecule has 1 aromatic carbocycles. The summed E-state index contributed by atoms with van der Waals surface area (Å²) in [5.41, 5.74) is 0. The molecule has 16 heavy (non-hydrogen) atoms. The van der Waals surface area contributed by atoms with Crippen LogP contribution in [0.1, 0.15) is 12.8 Å². The van der Waals surface area contributed by atoms with E-state index in [0.717, 1.165) is 31.7 Å². The second kappa shape index (κ2) is 5.26. The first-order chi connectivity index (χ1) is 7.65. The summed E-state index contributed by atoms with van der Waals surface area (Å²) in [6.07, 6.45) is 2.43. The molecule has 0 aromatic heterocycles. The van der Waals surface area contributed by atoms with E-state index in [0.29, 0.717) is 16.1 Å². The van der Waals surface area contributed by atoms with Gasteiger partial charge in [-0.2, -0.15) is 0 Å². The summed E-state index contributed by atoms with van der Waals surface area (Å²) in [6.45, 7) is 2.18. The number of nitrogens with zero attached hydrogens (tertiary/aromatic N) is 1. The van der Waals surface area contributed by atoms with Gasteiger partial charge in [-0.3, -0.25) is 0 Å². The van der Waals surface area contributed by atoms with Gasteiger partial charge in [0.2, 0.25) is 0 Å². The number of benzene rings is 1. The van der Waals surface area contributed by atoms with Crippen molar-refractivity contribution < 1.29 is 4.74 Å². The lowest BCUT2D eigenvalue weighted by atomic mass is 10.1. The average Bonchev–Trinajstić information content (AvgIpc) is 2.27. The molecule has 1 aromatic rings. The Morgan fingerprint density at radius 3 is 2.50 bits per heavy atom. The molecule has 0 spiro atoms. The van der Waals surface area contributed by atoms with E-state index in [1.54, 1.807) is 12.1 Å². The zero-order valence-corrected chi connectivity index (χ0v) is 10.8. The average molecular weight is 260 g/mol. The van der Waals surface area contributed by atoms with E-state index in [2.05, 4.69) is 11.9 Å². The quantitative estimate of drug-likeness (QED) is 0.807. The molecular formula is C12H15Cl2NO. The van der Waals surface area contributed by atoms with Gasteiger partial charge in [0, 0.05) is 19.2 Å². The van der Waals surface area contributed by atoms with E-state index in [4.69, 9.17) is 27.9 Å². The number of likely N-dealkylation sites (tertiary alicyclic amines) is 1. The van der Waals surface area contributed by atoms with Crippen LogP contribution in [0.3, 0.4) is 0 Å². The summed E-state index contributed by atoms with van der Waals surface area (Å²) in [5, 5.41) is 1.12. The molecule has 2 nitrogen and oxygen atoms in total. The zero-order valence-electron chi connectivity index (χ0n) is 9.25. The normalized spacial score (nSPS) is 18.7. The Bertz CT molecular complexity index is 362. The Morgan fingerprint density at radius 2 is 1.88 bits per heavy atom. The maximum absolute atomic E-state index is 5.93. The predicted octanol–water partition coefficient (Wildman–Crippen LogP) is 3.47. The lowest BCUT2D eigenvalue weighted by molar-refractivity contribution is 0.114. The second-order valence-corrected chi connectivity index (χ2v) is 5.01. The standard InChI is InChI=1S/C12H15Cl2NO/c1-15-6-4-9(5-7-15)16-10-2-3-11(13)12(14)8-10/h2-3,8-9H,4-7H2,1H3. The Labute approximate surface area is 106 Å². The van der Waals surface area contributed by atoms with Crippen molar-refractivity contribution >= 4 is 23.2 Å². The van der Waals surface area contributed by atoms with Gasteiger partial charge >= 0.3 is 0 Å². The van der Waals surface area contributed by atoms with E-state index in [1.807, 2.05) is 6.07 Å². The van der Waals surface area contributed by atoms with Crippen LogP contribution >= 0.6 is 23.2 Å². The molecule has 1 fully saturated rings. The SMILES string of the molecule is CN1CCC(Oc2ccc(Cl)c(Cl)c2)CC1. The lowest BCUT2D eigenvalue weighted by Gasteiger charge is -2.29. The van der Waals surface area contributed by atoms with Crippen molar-refractivity contribution in [1.29, 1.82) is 0 Å². The summed E-state index contributed by atoms with van der Waals surface area (Å²) >= 11 is 11.8. The number of halogens is 2. The Hall–Kier alpha value is -0.440. The summed E-state index contributed by atoms with van der Waals surface area (Å²) in [6, 6.07) is 5.42. The molecular weight excluding hydrogens is 245 g/mol. The Morgan fingerprint density at radius 1 is 1.19 bits per heavy atom. The molecule has 1 heterocycles. The molecule has 1 saturated heterocycles. The van der Waals surface area contributed by atoms with Crippen LogP contribution in [0.5, 0.6) is 5.75 Å². The fourth-order valence-corrected chi connectivity index (χ4v) is 2.13. The molecule has 0 N–H and O–H groups in total. The number of ether oxygens (including phenoxy) is 1. The molecule has 0 aliphatic carbocycles. The highest BCUT2D eigenvalue weighted by molar-refractivity contribution is 6.42. The molecule has 0 bridgehead atoms. The summed E-state index contributed by atoms with van der Waals surface area (Å²) in [7, 11) is 2.13. The molecule has 0 saturated carbocycles. The van der Waals surface area contributed by atoms with E-state index >= 15 is 0 Å². The minimum Gasteiger partial charge on any atom is -0.490 e. The first-order valence-corrected chi connectivity index (χ1v) is 6.21. The third-order valence-electron chi connectivity index (χ3n) is 2.86. The van der Waals surface area contributed by atoms with Crippen LogP contribution in [-0.4, -0.2) is 31.1 Å². The van der Waals surface area contributed by atoms with Crippen molar-refractivity contribution in [2.45, 2.75) is 18.9 Å². The Balaban J connectivity index is 1.96. The van der Waals surface area contributed by atoms with Crippen LogP contribution in [-0.2, 0) is 0 Å². The predicted molar refractivity (Wildman–Crippen MR) is 67.6 cm³/mol. The van der Waals surface area contributed by atoms with Gasteiger partial charge in [-0.25, -0.2) is 0 Å². The van der Waals surface area contributed by atoms with Crippen molar-refractivity contribution in [3.63, 3.8) is 0 Å². The first kappa shape index (κ1) is 12.0. The fraction of sp³-hybridized carbons (Fsp3) is 0.500. The molecule has 0 amide bonds. The van der Waals surface area contributed by atoms with Gasteiger partial charge in [-0.15, -0.1) is 0 Å². The molecule has 4 heteroatoms. The summed E-state index contributed by atoms with van der Waals surface area (Å²) in [4.78, 5) is 2.31. The maximum Gasteiger partial charge on any atom is 0.121 e. The highest BCUT2D eigenvalue weighted by Gasteiger charge is 2.18. The van der Waals surface area contributed by atoms with Crippen LogP contribution in [0.25, 0.3) is 0 Å². The number of rotatable bonds is 2. The van der Waals surface area contributed by atoms with Crippen LogP contribution in [0.15, 0.2) is 18.2 Å². The maximum atomic E-state index is 5.93. The number of hydrogen-bond acceptors (Lipinski definition) is 2. The Kier molecular flexibility index (Phi) is 3.95. The van der Waals surface area contributed by atoms with Gasteiger partial charge in [-0.05, 0) is 32.0 Å². The van der Waals surface area contributed by atoms with Gasteiger partial charge in [-0.1, -0.05) is 23.2 Å². The van der Waals surface area contributed by atoms with Crippen LogP contribution < -0.4 is 4.74 Å². The van der Waals surface area contributed by atoms with E-state index in [-0.39, 0.29) is 0 Å². The van der Waals surface area contributed by atoms with Gasteiger partial charge in [0.25, 0.3) is 0 Å². The van der Waals surface area contributed by atoms with Crippen molar-refractivity contribution in [3.8, 4) is 5.75 Å². The highest BCUT2D eigenvalue weighted by atomic mass is 35.5. The van der Waals surface area contributed by atoms with Gasteiger partial charge in [0.15, 0.2) is 0 Å². The molecule has 0 atom stereocenters. The second-order valence-electron chi connectivity index (χ2n) is 4.20. The molecule has 0 unspecified atom stereocenters. The van der Waals surface area contributed by atoms with E-state index in [1.165, 1.54) is 0 Å². The van der Waals surface area contributed by atoms with Crippen molar-refractivity contribution in [2.75, 3.05) is 20.1 Å². The molecule has 1 aliphatic rings. The number of hydrogen-bond donors (Lipinski definition) is 0. The largest absolute Gasteiger partial charge is 0.490 e. The minimum atomic E-state index is 0.299. The number of piperidine rings is 1. The molecule has 2 rings (SSSR count). The van der Waals surface area contributed by atoms with Crippen LogP contribution in [0.4, 0.5) is 0 Å². The third-order valence-corrected chi connectivity index (χ3v) is 3.60. The monoisotopic (exact) mass is 259 g/mol. The fourth-order valence-electron chi connectivity index (χ4n) is 1.85. The highest BCUT2D eigenvalue weighted by Crippen LogP contribution is 2.27. The van der Waals surface area contributed by atoms with E-state index < -0.39 is 0 Å². The van der Waals surface area contributed by atoms with Gasteiger partial charge in [0.05, 0.1) is 10.0 Å². The zero-order chi connectivity index (χ0) is 11.5.